The Balaban J connectivity index is 1.36. The van der Waals surface area contributed by atoms with E-state index >= 15 is 0 Å². The van der Waals surface area contributed by atoms with Gasteiger partial charge in [-0.05, 0) is 60.0 Å². The summed E-state index contributed by atoms with van der Waals surface area (Å²) >= 11 is 0. The highest BCUT2D eigenvalue weighted by Crippen LogP contribution is 2.40. The molecule has 0 N–H and O–H groups in total. The molecule has 41 heavy (non-hydrogen) atoms. The van der Waals surface area contributed by atoms with Gasteiger partial charge in [0.1, 0.15) is 11.2 Å². The molecule has 0 radical (unpaired) electrons. The molecule has 0 aliphatic carbocycles. The van der Waals surface area contributed by atoms with E-state index in [1.165, 1.54) is 59.9 Å². The first-order valence-electron chi connectivity index (χ1n) is 14.0. The van der Waals surface area contributed by atoms with Crippen molar-refractivity contribution in [2.45, 2.75) is 0 Å². The van der Waals surface area contributed by atoms with Crippen LogP contribution < -0.4 is 0 Å². The monoisotopic (exact) mass is 522 g/mol. The van der Waals surface area contributed by atoms with Crippen molar-refractivity contribution in [3.05, 3.63) is 133 Å². The molecule has 10 rings (SSSR count). The first-order valence-corrected chi connectivity index (χ1v) is 14.0. The van der Waals surface area contributed by atoms with Crippen molar-refractivity contribution in [3.8, 4) is 5.69 Å². The molecule has 6 aromatic carbocycles. The van der Waals surface area contributed by atoms with Crippen molar-refractivity contribution in [1.82, 2.24) is 8.97 Å². The van der Waals surface area contributed by atoms with Crippen molar-refractivity contribution in [2.24, 2.45) is 0 Å². The highest BCUT2D eigenvalue weighted by atomic mass is 16.3. The van der Waals surface area contributed by atoms with E-state index in [0.717, 1.165) is 27.6 Å². The van der Waals surface area contributed by atoms with Crippen molar-refractivity contribution < 1.29 is 4.42 Å². The molecule has 0 aliphatic heterocycles. The SMILES string of the molecule is c1ccc2c(c1)oc1ccc(-n3c4ccccc4c4cc5c(cc43)cc3c4ccccc4c4ccccc4n53)cc12. The molecule has 0 bridgehead atoms. The van der Waals surface area contributed by atoms with Gasteiger partial charge in [0.25, 0.3) is 0 Å². The minimum absolute atomic E-state index is 0.913. The molecule has 4 heterocycles. The predicted octanol–water partition coefficient (Wildman–Crippen LogP) is 10.4. The van der Waals surface area contributed by atoms with Crippen molar-refractivity contribution in [2.75, 3.05) is 0 Å². The van der Waals surface area contributed by atoms with Crippen LogP contribution in [0.5, 0.6) is 0 Å². The summed E-state index contributed by atoms with van der Waals surface area (Å²) in [4.78, 5) is 0. The third kappa shape index (κ3) is 2.72. The van der Waals surface area contributed by atoms with Crippen LogP contribution in [-0.4, -0.2) is 8.97 Å². The molecule has 0 spiro atoms. The number of para-hydroxylation sites is 3. The predicted molar refractivity (Wildman–Crippen MR) is 172 cm³/mol. The molecule has 0 fully saturated rings. The molecule has 0 saturated carbocycles. The van der Waals surface area contributed by atoms with Gasteiger partial charge in [0.05, 0.1) is 27.6 Å². The first-order chi connectivity index (χ1) is 20.3. The molecular formula is C38H22N2O. The summed E-state index contributed by atoms with van der Waals surface area (Å²) in [5, 5.41) is 9.86. The second-order valence-electron chi connectivity index (χ2n) is 11.0. The second kappa shape index (κ2) is 7.56. The van der Waals surface area contributed by atoms with Crippen molar-refractivity contribution in [1.29, 1.82) is 0 Å². The number of rotatable bonds is 1. The number of hydrogen-bond donors (Lipinski definition) is 0. The minimum Gasteiger partial charge on any atom is -0.456 e. The number of hydrogen-bond acceptors (Lipinski definition) is 1. The molecule has 3 nitrogen and oxygen atoms in total. The van der Waals surface area contributed by atoms with E-state index in [-0.39, 0.29) is 0 Å². The highest BCUT2D eigenvalue weighted by Gasteiger charge is 2.18. The zero-order valence-corrected chi connectivity index (χ0v) is 22.0. The summed E-state index contributed by atoms with van der Waals surface area (Å²) in [6.45, 7) is 0. The van der Waals surface area contributed by atoms with Crippen LogP contribution in [0.15, 0.2) is 138 Å². The fourth-order valence-corrected chi connectivity index (χ4v) is 7.10. The third-order valence-corrected chi connectivity index (χ3v) is 8.85. The van der Waals surface area contributed by atoms with Gasteiger partial charge in [0, 0.05) is 43.4 Å². The van der Waals surface area contributed by atoms with E-state index in [1.807, 2.05) is 12.1 Å². The van der Waals surface area contributed by atoms with Crippen LogP contribution in [0.2, 0.25) is 0 Å². The van der Waals surface area contributed by atoms with E-state index in [9.17, 15) is 0 Å². The third-order valence-electron chi connectivity index (χ3n) is 8.85. The van der Waals surface area contributed by atoms with Crippen LogP contribution in [0.25, 0.3) is 87.5 Å². The molecule has 190 valence electrons. The Morgan fingerprint density at radius 1 is 0.366 bits per heavy atom. The lowest BCUT2D eigenvalue weighted by atomic mass is 10.1. The molecule has 0 saturated heterocycles. The first kappa shape index (κ1) is 21.3. The van der Waals surface area contributed by atoms with E-state index in [0.29, 0.717) is 0 Å². The normalized spacial score (nSPS) is 12.4. The van der Waals surface area contributed by atoms with Gasteiger partial charge in [0.15, 0.2) is 0 Å². The number of nitrogens with zero attached hydrogens (tertiary/aromatic N) is 2. The number of fused-ring (bicyclic) bond motifs is 14. The Morgan fingerprint density at radius 3 is 1.80 bits per heavy atom. The van der Waals surface area contributed by atoms with Gasteiger partial charge in [0.2, 0.25) is 0 Å². The summed E-state index contributed by atoms with van der Waals surface area (Å²) < 4.78 is 11.0. The Bertz CT molecular complexity index is 2700. The summed E-state index contributed by atoms with van der Waals surface area (Å²) in [5.41, 5.74) is 9.07. The van der Waals surface area contributed by atoms with E-state index < -0.39 is 0 Å². The van der Waals surface area contributed by atoms with Crippen LogP contribution in [0.3, 0.4) is 0 Å². The van der Waals surface area contributed by atoms with Gasteiger partial charge < -0.3 is 13.4 Å². The second-order valence-corrected chi connectivity index (χ2v) is 11.0. The number of pyridine rings is 1. The van der Waals surface area contributed by atoms with E-state index in [1.54, 1.807) is 0 Å². The average Bonchev–Trinajstić information content (AvgIpc) is 3.69. The largest absolute Gasteiger partial charge is 0.456 e. The average molecular weight is 523 g/mol. The number of aromatic nitrogens is 2. The smallest absolute Gasteiger partial charge is 0.135 e. The highest BCUT2D eigenvalue weighted by molar-refractivity contribution is 6.19. The summed E-state index contributed by atoms with van der Waals surface area (Å²) in [6.07, 6.45) is 0. The van der Waals surface area contributed by atoms with Gasteiger partial charge in [-0.2, -0.15) is 0 Å². The summed E-state index contributed by atoms with van der Waals surface area (Å²) in [7, 11) is 0. The maximum Gasteiger partial charge on any atom is 0.135 e. The molecule has 0 unspecified atom stereocenters. The molecule has 4 aromatic heterocycles. The van der Waals surface area contributed by atoms with Crippen molar-refractivity contribution in [3.63, 3.8) is 0 Å². The standard InChI is InChI=1S/C38H22N2O/c1-2-11-27-25(9-1)26-10-3-7-15-33(26)40-34-22-30-28-12-4-6-14-32(28)39(36(30)20-23(34)19-35(27)40)24-17-18-38-31(21-24)29-13-5-8-16-37(29)41-38/h1-22H. The van der Waals surface area contributed by atoms with Crippen LogP contribution in [0, 0.1) is 0 Å². The van der Waals surface area contributed by atoms with Gasteiger partial charge >= 0.3 is 0 Å². The van der Waals surface area contributed by atoms with Crippen LogP contribution in [-0.2, 0) is 0 Å². The topological polar surface area (TPSA) is 22.5 Å². The van der Waals surface area contributed by atoms with E-state index in [2.05, 4.69) is 130 Å². The van der Waals surface area contributed by atoms with Crippen LogP contribution in [0.1, 0.15) is 0 Å². The summed E-state index contributed by atoms with van der Waals surface area (Å²) in [5.74, 6) is 0. The lowest BCUT2D eigenvalue weighted by Gasteiger charge is -2.10. The molecule has 0 atom stereocenters. The quantitative estimate of drug-likeness (QED) is 0.197. The summed E-state index contributed by atoms with van der Waals surface area (Å²) in [6, 6.07) is 48.2. The molecular weight excluding hydrogens is 500 g/mol. The Hall–Kier alpha value is -5.54. The fraction of sp³-hybridized carbons (Fsp3) is 0. The Morgan fingerprint density at radius 2 is 0.976 bits per heavy atom. The number of benzene rings is 6. The minimum atomic E-state index is 0.913. The molecule has 3 heteroatoms. The van der Waals surface area contributed by atoms with Gasteiger partial charge in [-0.15, -0.1) is 0 Å². The van der Waals surface area contributed by atoms with Gasteiger partial charge in [-0.25, -0.2) is 0 Å². The maximum atomic E-state index is 6.15. The van der Waals surface area contributed by atoms with E-state index in [4.69, 9.17) is 4.42 Å². The van der Waals surface area contributed by atoms with Gasteiger partial charge in [-0.3, -0.25) is 0 Å². The lowest BCUT2D eigenvalue weighted by Crippen LogP contribution is -1.93. The lowest BCUT2D eigenvalue weighted by molar-refractivity contribution is 0.669. The molecule has 0 aliphatic rings. The zero-order valence-electron chi connectivity index (χ0n) is 22.0. The zero-order chi connectivity index (χ0) is 26.7. The maximum absolute atomic E-state index is 6.15. The molecule has 0 amide bonds. The van der Waals surface area contributed by atoms with Crippen LogP contribution in [0.4, 0.5) is 0 Å². The van der Waals surface area contributed by atoms with Crippen LogP contribution >= 0.6 is 0 Å². The number of furan rings is 1. The molecule has 10 aromatic rings. The van der Waals surface area contributed by atoms with Crippen molar-refractivity contribution >= 4 is 81.8 Å². The Labute approximate surface area is 234 Å². The Kier molecular flexibility index (Phi) is 3.93. The fourth-order valence-electron chi connectivity index (χ4n) is 7.10. The van der Waals surface area contributed by atoms with Gasteiger partial charge in [-0.1, -0.05) is 78.9 Å².